The number of esters is 1. The highest BCUT2D eigenvalue weighted by Gasteiger charge is 2.30. The number of benzene rings is 2. The van der Waals surface area contributed by atoms with E-state index in [0.29, 0.717) is 22.1 Å². The zero-order chi connectivity index (χ0) is 24.0. The molecular formula is C22H25ClN2O7S. The van der Waals surface area contributed by atoms with Crippen LogP contribution in [0.25, 0.3) is 0 Å². The number of rotatable bonds is 8. The normalized spacial score (nSPS) is 14.6. The number of amides is 1. The number of carbonyl (C=O) groups excluding carboxylic acids is 2. The fraction of sp³-hybridized carbons (Fsp3) is 0.364. The molecule has 0 atom stereocenters. The van der Waals surface area contributed by atoms with E-state index in [9.17, 15) is 18.0 Å². The largest absolute Gasteiger partial charge is 0.497 e. The molecule has 0 aromatic heterocycles. The lowest BCUT2D eigenvalue weighted by Gasteiger charge is -2.33. The second-order valence-electron chi connectivity index (χ2n) is 7.25. The SMILES string of the molecule is COc1ccc(CC(=O)OCC(=O)N2CCN(S(=O)(=O)c3ccc(Cl)cc3)CC2)c(OC)c1. The minimum atomic E-state index is -3.67. The molecule has 9 nitrogen and oxygen atoms in total. The molecule has 178 valence electrons. The molecule has 1 amide bonds. The molecule has 3 rings (SSSR count). The molecular weight excluding hydrogens is 472 g/mol. The van der Waals surface area contributed by atoms with Gasteiger partial charge in [0.15, 0.2) is 6.61 Å². The number of piperazine rings is 1. The number of sulfonamides is 1. The van der Waals surface area contributed by atoms with Gasteiger partial charge in [0, 0.05) is 42.8 Å². The summed E-state index contributed by atoms with van der Waals surface area (Å²) in [5.41, 5.74) is 0.608. The van der Waals surface area contributed by atoms with E-state index in [1.54, 1.807) is 18.2 Å². The number of methoxy groups -OCH3 is 2. The summed E-state index contributed by atoms with van der Waals surface area (Å²) >= 11 is 5.83. The second kappa shape index (κ2) is 10.9. The first-order chi connectivity index (χ1) is 15.7. The van der Waals surface area contributed by atoms with Gasteiger partial charge in [0.05, 0.1) is 25.5 Å². The van der Waals surface area contributed by atoms with E-state index in [1.165, 1.54) is 47.7 Å². The Bertz CT molecular complexity index is 1100. The lowest BCUT2D eigenvalue weighted by molar-refractivity contribution is -0.152. The van der Waals surface area contributed by atoms with Crippen LogP contribution in [0.2, 0.25) is 5.02 Å². The highest BCUT2D eigenvalue weighted by molar-refractivity contribution is 7.89. The fourth-order valence-electron chi connectivity index (χ4n) is 3.37. The van der Waals surface area contributed by atoms with Crippen molar-refractivity contribution in [3.63, 3.8) is 0 Å². The summed E-state index contributed by atoms with van der Waals surface area (Å²) in [6, 6.07) is 11.0. The van der Waals surface area contributed by atoms with Crippen molar-refractivity contribution in [1.82, 2.24) is 9.21 Å². The summed E-state index contributed by atoms with van der Waals surface area (Å²) < 4.78 is 42.3. The van der Waals surface area contributed by atoms with Gasteiger partial charge in [-0.3, -0.25) is 9.59 Å². The van der Waals surface area contributed by atoms with Gasteiger partial charge in [-0.2, -0.15) is 4.31 Å². The van der Waals surface area contributed by atoms with Gasteiger partial charge < -0.3 is 19.1 Å². The van der Waals surface area contributed by atoms with Gasteiger partial charge in [0.1, 0.15) is 11.5 Å². The molecule has 0 aliphatic carbocycles. The quantitative estimate of drug-likeness (QED) is 0.515. The topological polar surface area (TPSA) is 102 Å². The maximum absolute atomic E-state index is 12.7. The van der Waals surface area contributed by atoms with Crippen LogP contribution in [0.5, 0.6) is 11.5 Å². The summed E-state index contributed by atoms with van der Waals surface area (Å²) in [5.74, 6) is 0.122. The monoisotopic (exact) mass is 496 g/mol. The third-order valence-corrected chi connectivity index (χ3v) is 7.39. The average Bonchev–Trinajstić information content (AvgIpc) is 2.83. The minimum absolute atomic E-state index is 0.0619. The molecule has 0 N–H and O–H groups in total. The first-order valence-electron chi connectivity index (χ1n) is 10.1. The van der Waals surface area contributed by atoms with E-state index in [-0.39, 0.29) is 43.4 Å². The van der Waals surface area contributed by atoms with Crippen LogP contribution < -0.4 is 9.47 Å². The van der Waals surface area contributed by atoms with Gasteiger partial charge in [-0.25, -0.2) is 8.42 Å². The zero-order valence-corrected chi connectivity index (χ0v) is 19.9. The highest BCUT2D eigenvalue weighted by Crippen LogP contribution is 2.25. The van der Waals surface area contributed by atoms with Crippen molar-refractivity contribution in [3.05, 3.63) is 53.1 Å². The van der Waals surface area contributed by atoms with Gasteiger partial charge >= 0.3 is 5.97 Å². The standard InChI is InChI=1S/C22H25ClN2O7S/c1-30-18-6-3-16(20(14-18)31-2)13-22(27)32-15-21(26)24-9-11-25(12-10-24)33(28,29)19-7-4-17(23)5-8-19/h3-8,14H,9-13,15H2,1-2H3. The van der Waals surface area contributed by atoms with Crippen LogP contribution in [0.4, 0.5) is 0 Å². The Morgan fingerprint density at radius 2 is 1.64 bits per heavy atom. The van der Waals surface area contributed by atoms with Gasteiger partial charge in [0.25, 0.3) is 5.91 Å². The third kappa shape index (κ3) is 6.16. The van der Waals surface area contributed by atoms with Crippen LogP contribution in [0, 0.1) is 0 Å². The molecule has 0 bridgehead atoms. The highest BCUT2D eigenvalue weighted by atomic mass is 35.5. The molecule has 33 heavy (non-hydrogen) atoms. The fourth-order valence-corrected chi connectivity index (χ4v) is 4.92. The Hall–Kier alpha value is -2.82. The Balaban J connectivity index is 1.49. The lowest BCUT2D eigenvalue weighted by Crippen LogP contribution is -2.51. The average molecular weight is 497 g/mol. The summed E-state index contributed by atoms with van der Waals surface area (Å²) in [7, 11) is -0.654. The number of nitrogens with zero attached hydrogens (tertiary/aromatic N) is 2. The van der Waals surface area contributed by atoms with Crippen molar-refractivity contribution < 1.29 is 32.2 Å². The molecule has 0 radical (unpaired) electrons. The van der Waals surface area contributed by atoms with Crippen molar-refractivity contribution in [1.29, 1.82) is 0 Å². The first-order valence-corrected chi connectivity index (χ1v) is 12.0. The smallest absolute Gasteiger partial charge is 0.310 e. The van der Waals surface area contributed by atoms with Crippen LogP contribution in [-0.4, -0.2) is 76.5 Å². The van der Waals surface area contributed by atoms with Crippen molar-refractivity contribution in [2.45, 2.75) is 11.3 Å². The van der Waals surface area contributed by atoms with Crippen molar-refractivity contribution in [2.24, 2.45) is 0 Å². The van der Waals surface area contributed by atoms with E-state index < -0.39 is 22.6 Å². The zero-order valence-electron chi connectivity index (χ0n) is 18.3. The number of ether oxygens (including phenoxy) is 3. The van der Waals surface area contributed by atoms with Crippen LogP contribution in [0.3, 0.4) is 0 Å². The van der Waals surface area contributed by atoms with Gasteiger partial charge in [-0.05, 0) is 30.3 Å². The summed E-state index contributed by atoms with van der Waals surface area (Å²) in [4.78, 5) is 26.3. The van der Waals surface area contributed by atoms with E-state index in [2.05, 4.69) is 0 Å². The van der Waals surface area contributed by atoms with Gasteiger partial charge in [-0.15, -0.1) is 0 Å². The molecule has 0 unspecified atom stereocenters. The number of hydrogen-bond acceptors (Lipinski definition) is 7. The maximum atomic E-state index is 12.7. The van der Waals surface area contributed by atoms with E-state index in [1.807, 2.05) is 0 Å². The van der Waals surface area contributed by atoms with Crippen LogP contribution >= 0.6 is 11.6 Å². The van der Waals surface area contributed by atoms with Crippen molar-refractivity contribution >= 4 is 33.5 Å². The van der Waals surface area contributed by atoms with Crippen LogP contribution in [0.15, 0.2) is 47.4 Å². The van der Waals surface area contributed by atoms with E-state index in [4.69, 9.17) is 25.8 Å². The second-order valence-corrected chi connectivity index (χ2v) is 9.63. The Morgan fingerprint density at radius 1 is 0.970 bits per heavy atom. The third-order valence-electron chi connectivity index (χ3n) is 5.23. The molecule has 2 aromatic rings. The number of carbonyl (C=O) groups is 2. The Morgan fingerprint density at radius 3 is 2.24 bits per heavy atom. The minimum Gasteiger partial charge on any atom is -0.497 e. The van der Waals surface area contributed by atoms with Crippen molar-refractivity contribution in [2.75, 3.05) is 47.0 Å². The molecule has 0 spiro atoms. The molecule has 1 aliphatic heterocycles. The number of hydrogen-bond donors (Lipinski definition) is 0. The predicted molar refractivity (Wildman–Crippen MR) is 121 cm³/mol. The van der Waals surface area contributed by atoms with E-state index in [0.717, 1.165) is 0 Å². The molecule has 1 aliphatic rings. The molecule has 1 heterocycles. The Kier molecular flexibility index (Phi) is 8.17. The predicted octanol–water partition coefficient (Wildman–Crippen LogP) is 1.98. The first kappa shape index (κ1) is 24.8. The Labute approximate surface area is 197 Å². The summed E-state index contributed by atoms with van der Waals surface area (Å²) in [6.45, 7) is 0.285. The summed E-state index contributed by atoms with van der Waals surface area (Å²) in [5, 5.41) is 0.448. The summed E-state index contributed by atoms with van der Waals surface area (Å²) in [6.07, 6.45) is -0.0619. The lowest BCUT2D eigenvalue weighted by atomic mass is 10.1. The molecule has 2 aromatic carbocycles. The molecule has 11 heteroatoms. The molecule has 1 fully saturated rings. The van der Waals surface area contributed by atoms with Gasteiger partial charge in [0.2, 0.25) is 10.0 Å². The van der Waals surface area contributed by atoms with Gasteiger partial charge in [-0.1, -0.05) is 17.7 Å². The maximum Gasteiger partial charge on any atom is 0.310 e. The van der Waals surface area contributed by atoms with Crippen LogP contribution in [0.1, 0.15) is 5.56 Å². The molecule has 1 saturated heterocycles. The van der Waals surface area contributed by atoms with E-state index >= 15 is 0 Å². The molecule has 0 saturated carbocycles. The van der Waals surface area contributed by atoms with Crippen molar-refractivity contribution in [3.8, 4) is 11.5 Å². The number of halogens is 1. The van der Waals surface area contributed by atoms with Crippen LogP contribution in [-0.2, 0) is 30.8 Å².